The van der Waals surface area contributed by atoms with Crippen LogP contribution in [0.5, 0.6) is 0 Å². The van der Waals surface area contributed by atoms with Gasteiger partial charge in [-0.3, -0.25) is 9.10 Å². The lowest BCUT2D eigenvalue weighted by Gasteiger charge is -2.29. The van der Waals surface area contributed by atoms with Crippen molar-refractivity contribution in [2.75, 3.05) is 17.4 Å². The van der Waals surface area contributed by atoms with Crippen molar-refractivity contribution in [1.82, 2.24) is 9.88 Å². The summed E-state index contributed by atoms with van der Waals surface area (Å²) >= 11 is 6.01. The van der Waals surface area contributed by atoms with Crippen molar-refractivity contribution < 1.29 is 14.1 Å². The molecule has 1 amide bonds. The van der Waals surface area contributed by atoms with E-state index >= 15 is 0 Å². The Kier molecular flexibility index (Phi) is 7.19. The summed E-state index contributed by atoms with van der Waals surface area (Å²) in [5.74, 6) is -0.156. The number of piperidine rings is 1. The zero-order valence-electron chi connectivity index (χ0n) is 17.4. The van der Waals surface area contributed by atoms with Crippen LogP contribution in [0.3, 0.4) is 0 Å². The molecule has 8 heteroatoms. The highest BCUT2D eigenvalue weighted by atomic mass is 35.5. The van der Waals surface area contributed by atoms with E-state index in [1.807, 2.05) is 42.5 Å². The number of carbonyl (C=O) groups is 1. The van der Waals surface area contributed by atoms with Gasteiger partial charge in [0.2, 0.25) is 0 Å². The minimum atomic E-state index is -1.47. The number of amides is 1. The maximum Gasteiger partial charge on any atom is 0.272 e. The Bertz CT molecular complexity index is 1070. The number of likely N-dealkylation sites (tertiary alicyclic amines) is 1. The van der Waals surface area contributed by atoms with Gasteiger partial charge in [0, 0.05) is 18.1 Å². The van der Waals surface area contributed by atoms with Crippen LogP contribution in [0.2, 0.25) is 5.02 Å². The number of anilines is 1. The van der Waals surface area contributed by atoms with Gasteiger partial charge >= 0.3 is 0 Å². The van der Waals surface area contributed by atoms with E-state index in [0.717, 1.165) is 5.56 Å². The largest absolute Gasteiger partial charge is 0.393 e. The number of aliphatic hydroxyl groups excluding tert-OH is 1. The van der Waals surface area contributed by atoms with E-state index in [1.165, 1.54) is 0 Å². The monoisotopic (exact) mass is 469 g/mol. The average Bonchev–Trinajstić information content (AvgIpc) is 2.84. The molecule has 1 saturated heterocycles. The fourth-order valence-corrected chi connectivity index (χ4v) is 4.89. The lowest BCUT2D eigenvalue weighted by atomic mass is 10.1. The molecule has 0 saturated carbocycles. The van der Waals surface area contributed by atoms with Gasteiger partial charge in [-0.2, -0.15) is 0 Å². The second-order valence-corrected chi connectivity index (χ2v) is 9.50. The SMILES string of the molecule is O=C(c1ccc(N(Cc2ccc(Cl)cc2)S(=O)c2ccccc2)cn1)N1CCC(O)CC1. The highest BCUT2D eigenvalue weighted by Crippen LogP contribution is 2.24. The number of hydrogen-bond acceptors (Lipinski definition) is 4. The van der Waals surface area contributed by atoms with Gasteiger partial charge in [0.05, 0.1) is 29.4 Å². The number of hydrogen-bond donors (Lipinski definition) is 1. The molecule has 1 aromatic heterocycles. The summed E-state index contributed by atoms with van der Waals surface area (Å²) < 4.78 is 15.1. The molecule has 0 bridgehead atoms. The molecule has 2 aromatic carbocycles. The molecule has 32 heavy (non-hydrogen) atoms. The van der Waals surface area contributed by atoms with Crippen LogP contribution in [0.1, 0.15) is 28.9 Å². The Balaban J connectivity index is 1.58. The number of nitrogens with zero attached hydrogens (tertiary/aromatic N) is 3. The first kappa shape index (κ1) is 22.5. The fourth-order valence-electron chi connectivity index (χ4n) is 3.56. The highest BCUT2D eigenvalue weighted by Gasteiger charge is 2.24. The predicted octanol–water partition coefficient (Wildman–Crippen LogP) is 4.06. The third kappa shape index (κ3) is 5.35. The first-order chi connectivity index (χ1) is 15.5. The van der Waals surface area contributed by atoms with Crippen molar-refractivity contribution in [3.8, 4) is 0 Å². The molecular formula is C24H24ClN3O3S. The van der Waals surface area contributed by atoms with Gasteiger partial charge in [-0.05, 0) is 54.8 Å². The van der Waals surface area contributed by atoms with E-state index in [4.69, 9.17) is 11.6 Å². The van der Waals surface area contributed by atoms with Gasteiger partial charge in [0.25, 0.3) is 5.91 Å². The van der Waals surface area contributed by atoms with Crippen molar-refractivity contribution in [1.29, 1.82) is 0 Å². The molecule has 166 valence electrons. The first-order valence-corrected chi connectivity index (χ1v) is 11.9. The predicted molar refractivity (Wildman–Crippen MR) is 126 cm³/mol. The molecular weight excluding hydrogens is 446 g/mol. The molecule has 0 spiro atoms. The van der Waals surface area contributed by atoms with Crippen LogP contribution in [-0.2, 0) is 17.5 Å². The Labute approximate surface area is 195 Å². The van der Waals surface area contributed by atoms with Crippen LogP contribution < -0.4 is 4.31 Å². The minimum Gasteiger partial charge on any atom is -0.393 e. The van der Waals surface area contributed by atoms with Crippen LogP contribution in [0.4, 0.5) is 5.69 Å². The number of aliphatic hydroxyl groups is 1. The number of aromatic nitrogens is 1. The van der Waals surface area contributed by atoms with E-state index in [-0.39, 0.29) is 12.0 Å². The first-order valence-electron chi connectivity index (χ1n) is 10.4. The summed E-state index contributed by atoms with van der Waals surface area (Å²) in [5, 5.41) is 10.3. The van der Waals surface area contributed by atoms with E-state index in [9.17, 15) is 14.1 Å². The highest BCUT2D eigenvalue weighted by molar-refractivity contribution is 7.86. The summed E-state index contributed by atoms with van der Waals surface area (Å²) in [6.45, 7) is 1.42. The second-order valence-electron chi connectivity index (χ2n) is 7.65. The standard InChI is InChI=1S/C24H24ClN3O3S/c25-19-8-6-18(7-9-19)17-28(32(31)22-4-2-1-3-5-22)20-10-11-23(26-16-20)24(30)27-14-12-21(29)13-15-27/h1-11,16,21,29H,12-15,17H2. The molecule has 0 aliphatic carbocycles. The molecule has 2 heterocycles. The Hall–Kier alpha value is -2.74. The minimum absolute atomic E-state index is 0.156. The number of benzene rings is 2. The van der Waals surface area contributed by atoms with E-state index in [0.29, 0.717) is 53.8 Å². The number of halogens is 1. The number of rotatable bonds is 6. The summed E-state index contributed by atoms with van der Waals surface area (Å²) in [6, 6.07) is 20.1. The van der Waals surface area contributed by atoms with Crippen LogP contribution in [0.15, 0.2) is 77.8 Å². The average molecular weight is 470 g/mol. The second kappa shape index (κ2) is 10.3. The maximum atomic E-state index is 13.4. The zero-order chi connectivity index (χ0) is 22.5. The molecule has 1 atom stereocenters. The summed E-state index contributed by atoms with van der Waals surface area (Å²) in [5.41, 5.74) is 1.93. The summed E-state index contributed by atoms with van der Waals surface area (Å²) in [6.07, 6.45) is 2.40. The normalized spacial score (nSPS) is 15.4. The Morgan fingerprint density at radius 1 is 1.06 bits per heavy atom. The van der Waals surface area contributed by atoms with Crippen molar-refractivity contribution in [3.63, 3.8) is 0 Å². The quantitative estimate of drug-likeness (QED) is 0.590. The number of carbonyl (C=O) groups excluding carboxylic acids is 1. The fraction of sp³-hybridized carbons (Fsp3) is 0.250. The van der Waals surface area contributed by atoms with E-state index in [1.54, 1.807) is 39.7 Å². The smallest absolute Gasteiger partial charge is 0.272 e. The summed E-state index contributed by atoms with van der Waals surface area (Å²) in [7, 11) is -1.47. The maximum absolute atomic E-state index is 13.4. The van der Waals surface area contributed by atoms with Gasteiger partial charge in [-0.25, -0.2) is 9.19 Å². The van der Waals surface area contributed by atoms with Gasteiger partial charge in [-0.1, -0.05) is 41.9 Å². The van der Waals surface area contributed by atoms with Crippen molar-refractivity contribution in [2.24, 2.45) is 0 Å². The Morgan fingerprint density at radius 3 is 2.38 bits per heavy atom. The number of pyridine rings is 1. The lowest BCUT2D eigenvalue weighted by molar-refractivity contribution is 0.0541. The molecule has 4 rings (SSSR count). The molecule has 6 nitrogen and oxygen atoms in total. The van der Waals surface area contributed by atoms with Crippen molar-refractivity contribution >= 4 is 34.2 Å². The molecule has 1 N–H and O–H groups in total. The summed E-state index contributed by atoms with van der Waals surface area (Å²) in [4.78, 5) is 19.5. The third-order valence-electron chi connectivity index (χ3n) is 5.39. The van der Waals surface area contributed by atoms with Crippen LogP contribution in [0.25, 0.3) is 0 Å². The molecule has 0 radical (unpaired) electrons. The lowest BCUT2D eigenvalue weighted by Crippen LogP contribution is -2.40. The van der Waals surface area contributed by atoms with Crippen LogP contribution in [-0.4, -0.2) is 44.3 Å². The molecule has 1 aliphatic heterocycles. The molecule has 1 unspecified atom stereocenters. The van der Waals surface area contributed by atoms with Gasteiger partial charge in [0.1, 0.15) is 5.69 Å². The van der Waals surface area contributed by atoms with Crippen molar-refractivity contribution in [3.05, 3.63) is 89.2 Å². The van der Waals surface area contributed by atoms with Gasteiger partial charge in [-0.15, -0.1) is 0 Å². The van der Waals surface area contributed by atoms with Crippen molar-refractivity contribution in [2.45, 2.75) is 30.4 Å². The van der Waals surface area contributed by atoms with Gasteiger partial charge in [0.15, 0.2) is 11.0 Å². The Morgan fingerprint density at radius 2 is 1.75 bits per heavy atom. The molecule has 1 aliphatic rings. The molecule has 1 fully saturated rings. The van der Waals surface area contributed by atoms with Crippen LogP contribution >= 0.6 is 11.6 Å². The van der Waals surface area contributed by atoms with E-state index in [2.05, 4.69) is 4.98 Å². The van der Waals surface area contributed by atoms with Crippen LogP contribution in [0, 0.1) is 0 Å². The van der Waals surface area contributed by atoms with E-state index < -0.39 is 11.0 Å². The topological polar surface area (TPSA) is 73.7 Å². The zero-order valence-corrected chi connectivity index (χ0v) is 19.0. The third-order valence-corrected chi connectivity index (χ3v) is 7.06. The molecule has 3 aromatic rings. The van der Waals surface area contributed by atoms with Gasteiger partial charge < -0.3 is 10.0 Å².